The van der Waals surface area contributed by atoms with Gasteiger partial charge in [0.05, 0.1) is 19.3 Å². The SMILES string of the molecule is COc1ccccc1-c1nn(CN2CCc3sccc3[C@H]2C)c(=S)n1C. The van der Waals surface area contributed by atoms with E-state index in [4.69, 9.17) is 22.1 Å². The van der Waals surface area contributed by atoms with Gasteiger partial charge in [0.25, 0.3) is 0 Å². The molecule has 0 fully saturated rings. The standard InChI is InChI=1S/C19H22N4OS2/c1-13-14-9-11-26-17(14)8-10-22(13)12-23-19(25)21(2)18(20-23)15-6-4-5-7-16(15)24-3/h4-7,9,11,13H,8,10,12H2,1-3H3/t13-/m1/s1. The Morgan fingerprint density at radius 2 is 2.12 bits per heavy atom. The minimum Gasteiger partial charge on any atom is -0.496 e. The van der Waals surface area contributed by atoms with Gasteiger partial charge in [-0.25, -0.2) is 4.68 Å². The second-order valence-electron chi connectivity index (χ2n) is 6.54. The van der Waals surface area contributed by atoms with Gasteiger partial charge in [0.1, 0.15) is 5.75 Å². The van der Waals surface area contributed by atoms with Crippen molar-refractivity contribution in [2.45, 2.75) is 26.1 Å². The van der Waals surface area contributed by atoms with Crippen LogP contribution in [0.3, 0.4) is 0 Å². The number of benzene rings is 1. The number of rotatable bonds is 4. The Labute approximate surface area is 162 Å². The molecule has 4 rings (SSSR count). The molecule has 0 bridgehead atoms. The largest absolute Gasteiger partial charge is 0.496 e. The molecule has 1 aliphatic heterocycles. The van der Waals surface area contributed by atoms with Crippen LogP contribution in [0.1, 0.15) is 23.4 Å². The molecular formula is C19H22N4OS2. The molecule has 3 aromatic rings. The molecule has 0 unspecified atom stereocenters. The van der Waals surface area contributed by atoms with Crippen LogP contribution in [0.4, 0.5) is 0 Å². The number of aromatic nitrogens is 3. The molecule has 26 heavy (non-hydrogen) atoms. The van der Waals surface area contributed by atoms with Crippen LogP contribution < -0.4 is 4.74 Å². The predicted molar refractivity (Wildman–Crippen MR) is 107 cm³/mol. The van der Waals surface area contributed by atoms with Crippen molar-refractivity contribution in [3.63, 3.8) is 0 Å². The van der Waals surface area contributed by atoms with Gasteiger partial charge >= 0.3 is 0 Å². The molecule has 0 aliphatic carbocycles. The zero-order chi connectivity index (χ0) is 18.3. The maximum Gasteiger partial charge on any atom is 0.199 e. The van der Waals surface area contributed by atoms with Gasteiger partial charge in [0, 0.05) is 24.5 Å². The Morgan fingerprint density at radius 1 is 1.31 bits per heavy atom. The average molecular weight is 387 g/mol. The van der Waals surface area contributed by atoms with Gasteiger partial charge in [0.2, 0.25) is 0 Å². The summed E-state index contributed by atoms with van der Waals surface area (Å²) in [7, 11) is 3.64. The molecule has 0 saturated carbocycles. The molecule has 1 atom stereocenters. The summed E-state index contributed by atoms with van der Waals surface area (Å²) >= 11 is 7.52. The van der Waals surface area contributed by atoms with Gasteiger partial charge in [-0.3, -0.25) is 4.90 Å². The maximum atomic E-state index is 5.66. The molecule has 136 valence electrons. The fourth-order valence-corrected chi connectivity index (χ4v) is 4.72. The first-order valence-corrected chi connectivity index (χ1v) is 9.96. The first-order chi connectivity index (χ1) is 12.6. The highest BCUT2D eigenvalue weighted by atomic mass is 32.1. The van der Waals surface area contributed by atoms with E-state index in [1.165, 1.54) is 10.4 Å². The summed E-state index contributed by atoms with van der Waals surface area (Å²) in [5.41, 5.74) is 2.39. The molecule has 1 aromatic carbocycles. The molecule has 3 heterocycles. The van der Waals surface area contributed by atoms with Crippen molar-refractivity contribution in [2.24, 2.45) is 7.05 Å². The van der Waals surface area contributed by atoms with Crippen molar-refractivity contribution in [3.8, 4) is 17.1 Å². The normalized spacial score (nSPS) is 17.3. The third-order valence-electron chi connectivity index (χ3n) is 5.11. The Kier molecular flexibility index (Phi) is 4.69. The van der Waals surface area contributed by atoms with Crippen LogP contribution in [-0.2, 0) is 20.1 Å². The maximum absolute atomic E-state index is 5.66. The number of para-hydroxylation sites is 1. The topological polar surface area (TPSA) is 35.2 Å². The minimum atomic E-state index is 0.378. The fraction of sp³-hybridized carbons (Fsp3) is 0.368. The molecule has 0 spiro atoms. The first kappa shape index (κ1) is 17.5. The van der Waals surface area contributed by atoms with Crippen LogP contribution in [0.2, 0.25) is 0 Å². The summed E-state index contributed by atoms with van der Waals surface area (Å²) in [4.78, 5) is 3.94. The van der Waals surface area contributed by atoms with E-state index < -0.39 is 0 Å². The predicted octanol–water partition coefficient (Wildman–Crippen LogP) is 4.26. The number of ether oxygens (including phenoxy) is 1. The second-order valence-corrected chi connectivity index (χ2v) is 7.91. The van der Waals surface area contributed by atoms with Crippen molar-refractivity contribution in [2.75, 3.05) is 13.7 Å². The van der Waals surface area contributed by atoms with Crippen LogP contribution in [0, 0.1) is 4.77 Å². The van der Waals surface area contributed by atoms with Gasteiger partial charge in [-0.05, 0) is 54.7 Å². The lowest BCUT2D eigenvalue weighted by molar-refractivity contribution is 0.144. The number of fused-ring (bicyclic) bond motifs is 1. The van der Waals surface area contributed by atoms with E-state index in [-0.39, 0.29) is 0 Å². The van der Waals surface area contributed by atoms with E-state index in [1.807, 2.05) is 51.9 Å². The highest BCUT2D eigenvalue weighted by Crippen LogP contribution is 2.33. The monoisotopic (exact) mass is 386 g/mol. The lowest BCUT2D eigenvalue weighted by atomic mass is 10.0. The van der Waals surface area contributed by atoms with Crippen LogP contribution in [0.15, 0.2) is 35.7 Å². The molecule has 5 nitrogen and oxygen atoms in total. The van der Waals surface area contributed by atoms with Crippen LogP contribution in [0.25, 0.3) is 11.4 Å². The number of hydrogen-bond donors (Lipinski definition) is 0. The molecule has 0 amide bonds. The Hall–Kier alpha value is -1.96. The number of nitrogens with zero attached hydrogens (tertiary/aromatic N) is 4. The summed E-state index contributed by atoms with van der Waals surface area (Å²) in [6.07, 6.45) is 1.09. The van der Waals surface area contributed by atoms with Gasteiger partial charge in [-0.15, -0.1) is 11.3 Å². The Balaban J connectivity index is 1.66. The lowest BCUT2D eigenvalue weighted by Crippen LogP contribution is -2.35. The zero-order valence-corrected chi connectivity index (χ0v) is 16.8. The van der Waals surface area contributed by atoms with E-state index in [9.17, 15) is 0 Å². The van der Waals surface area contributed by atoms with Crippen molar-refractivity contribution in [1.82, 2.24) is 19.2 Å². The van der Waals surface area contributed by atoms with Gasteiger partial charge in [0.15, 0.2) is 10.6 Å². The number of thiophene rings is 1. The van der Waals surface area contributed by atoms with Crippen LogP contribution in [-0.4, -0.2) is 32.9 Å². The third kappa shape index (κ3) is 2.90. The van der Waals surface area contributed by atoms with E-state index >= 15 is 0 Å². The van der Waals surface area contributed by atoms with Gasteiger partial charge < -0.3 is 9.30 Å². The summed E-state index contributed by atoms with van der Waals surface area (Å²) < 4.78 is 10.1. The second kappa shape index (κ2) is 6.98. The number of hydrogen-bond acceptors (Lipinski definition) is 5. The van der Waals surface area contributed by atoms with Crippen molar-refractivity contribution in [1.29, 1.82) is 0 Å². The molecule has 0 saturated heterocycles. The third-order valence-corrected chi connectivity index (χ3v) is 6.59. The molecule has 7 heteroatoms. The lowest BCUT2D eigenvalue weighted by Gasteiger charge is -2.33. The van der Waals surface area contributed by atoms with Crippen molar-refractivity contribution < 1.29 is 4.74 Å². The molecule has 0 N–H and O–H groups in total. The summed E-state index contributed by atoms with van der Waals surface area (Å²) in [6, 6.07) is 10.5. The van der Waals surface area contributed by atoms with E-state index in [2.05, 4.69) is 23.3 Å². The molecule has 2 aromatic heterocycles. The number of methoxy groups -OCH3 is 1. The molecule has 0 radical (unpaired) electrons. The summed E-state index contributed by atoms with van der Waals surface area (Å²) in [5.74, 6) is 1.63. The van der Waals surface area contributed by atoms with Crippen LogP contribution in [0.5, 0.6) is 5.75 Å². The van der Waals surface area contributed by atoms with Gasteiger partial charge in [-0.1, -0.05) is 12.1 Å². The summed E-state index contributed by atoms with van der Waals surface area (Å²) in [6.45, 7) is 3.98. The average Bonchev–Trinajstić information content (AvgIpc) is 3.25. The summed E-state index contributed by atoms with van der Waals surface area (Å²) in [5, 5.41) is 7.01. The van der Waals surface area contributed by atoms with Crippen LogP contribution >= 0.6 is 23.6 Å². The van der Waals surface area contributed by atoms with Crippen molar-refractivity contribution >= 4 is 23.6 Å². The highest BCUT2D eigenvalue weighted by molar-refractivity contribution is 7.71. The fourth-order valence-electron chi connectivity index (χ4n) is 3.57. The first-order valence-electron chi connectivity index (χ1n) is 8.67. The quantitative estimate of drug-likeness (QED) is 0.628. The smallest absolute Gasteiger partial charge is 0.199 e. The van der Waals surface area contributed by atoms with Gasteiger partial charge in [-0.2, -0.15) is 5.10 Å². The molecule has 1 aliphatic rings. The minimum absolute atomic E-state index is 0.378. The van der Waals surface area contributed by atoms with E-state index in [1.54, 1.807) is 7.11 Å². The Morgan fingerprint density at radius 3 is 2.92 bits per heavy atom. The zero-order valence-electron chi connectivity index (χ0n) is 15.2. The van der Waals surface area contributed by atoms with E-state index in [0.29, 0.717) is 17.5 Å². The highest BCUT2D eigenvalue weighted by Gasteiger charge is 2.25. The molecular weight excluding hydrogens is 364 g/mol. The van der Waals surface area contributed by atoms with E-state index in [0.717, 1.165) is 30.1 Å². The Bertz CT molecular complexity index is 988. The van der Waals surface area contributed by atoms with Crippen molar-refractivity contribution in [3.05, 3.63) is 50.9 Å².